The summed E-state index contributed by atoms with van der Waals surface area (Å²) >= 11 is 0. The molecule has 2 N–H and O–H groups in total. The van der Waals surface area contributed by atoms with E-state index in [1.165, 1.54) is 4.90 Å². The SMILES string of the molecule is Cc1cccc(C#CC2(O)CCC3C(CCN3C(=O)O)C2)c1. The first-order valence-electron chi connectivity index (χ1n) is 7.79. The number of hydrogen-bond acceptors (Lipinski definition) is 2. The molecule has 116 valence electrons. The highest BCUT2D eigenvalue weighted by Crippen LogP contribution is 2.40. The first kappa shape index (κ1) is 14.9. The molecule has 4 nitrogen and oxygen atoms in total. The Bertz CT molecular complexity index is 645. The fraction of sp³-hybridized carbons (Fsp3) is 0.500. The van der Waals surface area contributed by atoms with Gasteiger partial charge in [-0.05, 0) is 56.2 Å². The Morgan fingerprint density at radius 1 is 1.41 bits per heavy atom. The Balaban J connectivity index is 1.73. The minimum absolute atomic E-state index is 0.0542. The molecule has 1 aromatic rings. The Morgan fingerprint density at radius 2 is 2.23 bits per heavy atom. The molecule has 1 aliphatic heterocycles. The van der Waals surface area contributed by atoms with Gasteiger partial charge in [0.05, 0.1) is 0 Å². The summed E-state index contributed by atoms with van der Waals surface area (Å²) in [6.07, 6.45) is 1.78. The predicted octanol–water partition coefficient (Wildman–Crippen LogP) is 2.63. The molecule has 1 amide bonds. The van der Waals surface area contributed by atoms with Gasteiger partial charge in [-0.3, -0.25) is 0 Å². The fourth-order valence-corrected chi connectivity index (χ4v) is 3.73. The zero-order chi connectivity index (χ0) is 15.7. The minimum Gasteiger partial charge on any atom is -0.465 e. The van der Waals surface area contributed by atoms with Crippen molar-refractivity contribution in [2.24, 2.45) is 5.92 Å². The van der Waals surface area contributed by atoms with Crippen molar-refractivity contribution in [3.8, 4) is 11.8 Å². The number of likely N-dealkylation sites (tertiary alicyclic amines) is 1. The van der Waals surface area contributed by atoms with Crippen LogP contribution in [0.25, 0.3) is 0 Å². The number of aryl methyl sites for hydroxylation is 1. The van der Waals surface area contributed by atoms with E-state index in [0.29, 0.717) is 25.8 Å². The van der Waals surface area contributed by atoms with Crippen molar-refractivity contribution in [3.63, 3.8) is 0 Å². The quantitative estimate of drug-likeness (QED) is 0.724. The number of nitrogens with zero attached hydrogens (tertiary/aromatic N) is 1. The maximum absolute atomic E-state index is 11.2. The third-order valence-electron chi connectivity index (χ3n) is 4.84. The van der Waals surface area contributed by atoms with Crippen LogP contribution < -0.4 is 0 Å². The molecule has 0 bridgehead atoms. The van der Waals surface area contributed by atoms with Gasteiger partial charge in [0.25, 0.3) is 0 Å². The molecule has 0 radical (unpaired) electrons. The predicted molar refractivity (Wildman–Crippen MR) is 83.5 cm³/mol. The maximum Gasteiger partial charge on any atom is 0.407 e. The van der Waals surface area contributed by atoms with Gasteiger partial charge in [0, 0.05) is 18.2 Å². The highest BCUT2D eigenvalue weighted by atomic mass is 16.4. The average Bonchev–Trinajstić information content (AvgIpc) is 2.88. The molecule has 3 unspecified atom stereocenters. The van der Waals surface area contributed by atoms with Crippen LogP contribution in [0.4, 0.5) is 4.79 Å². The van der Waals surface area contributed by atoms with Crippen LogP contribution >= 0.6 is 0 Å². The average molecular weight is 299 g/mol. The van der Waals surface area contributed by atoms with Gasteiger partial charge in [0.1, 0.15) is 5.60 Å². The largest absolute Gasteiger partial charge is 0.465 e. The van der Waals surface area contributed by atoms with Crippen LogP contribution in [0.15, 0.2) is 24.3 Å². The highest BCUT2D eigenvalue weighted by molar-refractivity contribution is 5.66. The van der Waals surface area contributed by atoms with Crippen LogP contribution in [0, 0.1) is 24.7 Å². The van der Waals surface area contributed by atoms with Crippen molar-refractivity contribution in [1.29, 1.82) is 0 Å². The fourth-order valence-electron chi connectivity index (χ4n) is 3.73. The normalized spacial score (nSPS) is 30.4. The van der Waals surface area contributed by atoms with Crippen molar-refractivity contribution in [3.05, 3.63) is 35.4 Å². The van der Waals surface area contributed by atoms with E-state index >= 15 is 0 Å². The number of carbonyl (C=O) groups is 1. The first-order chi connectivity index (χ1) is 10.5. The van der Waals surface area contributed by atoms with E-state index in [2.05, 4.69) is 11.8 Å². The molecule has 22 heavy (non-hydrogen) atoms. The molecule has 0 spiro atoms. The zero-order valence-corrected chi connectivity index (χ0v) is 12.7. The summed E-state index contributed by atoms with van der Waals surface area (Å²) in [5.41, 5.74) is 1.07. The van der Waals surface area contributed by atoms with Crippen molar-refractivity contribution in [1.82, 2.24) is 4.90 Å². The summed E-state index contributed by atoms with van der Waals surface area (Å²) in [7, 11) is 0. The monoisotopic (exact) mass is 299 g/mol. The molecule has 3 atom stereocenters. The number of benzene rings is 1. The summed E-state index contributed by atoms with van der Waals surface area (Å²) in [6.45, 7) is 2.59. The molecule has 0 aromatic heterocycles. The number of rotatable bonds is 0. The van der Waals surface area contributed by atoms with Gasteiger partial charge in [-0.15, -0.1) is 0 Å². The lowest BCUT2D eigenvalue weighted by molar-refractivity contribution is 0.0175. The van der Waals surface area contributed by atoms with Crippen molar-refractivity contribution in [2.45, 2.75) is 44.2 Å². The molecular weight excluding hydrogens is 278 g/mol. The minimum atomic E-state index is -0.987. The van der Waals surface area contributed by atoms with E-state index in [4.69, 9.17) is 0 Å². The summed E-state index contributed by atoms with van der Waals surface area (Å²) in [4.78, 5) is 12.7. The molecule has 2 fully saturated rings. The molecule has 1 saturated carbocycles. The van der Waals surface area contributed by atoms with Gasteiger partial charge in [-0.25, -0.2) is 4.79 Å². The lowest BCUT2D eigenvalue weighted by Crippen LogP contribution is -2.45. The number of fused-ring (bicyclic) bond motifs is 1. The van der Waals surface area contributed by atoms with Crippen LogP contribution in [0.3, 0.4) is 0 Å². The van der Waals surface area contributed by atoms with E-state index in [0.717, 1.165) is 17.5 Å². The van der Waals surface area contributed by atoms with Gasteiger partial charge in [-0.2, -0.15) is 0 Å². The number of amides is 1. The number of hydrogen-bond donors (Lipinski definition) is 2. The number of carboxylic acid groups (broad SMARTS) is 1. The molecule has 4 heteroatoms. The smallest absolute Gasteiger partial charge is 0.407 e. The standard InChI is InChI=1S/C18H21NO3/c1-13-3-2-4-14(11-13)5-8-18(22)9-6-16-15(12-18)7-10-19(16)17(20)21/h2-4,11,15-16,22H,6-7,9-10,12H2,1H3,(H,20,21). The van der Waals surface area contributed by atoms with E-state index in [1.54, 1.807) is 0 Å². The van der Waals surface area contributed by atoms with Crippen molar-refractivity contribution >= 4 is 6.09 Å². The second-order valence-corrected chi connectivity index (χ2v) is 6.49. The summed E-state index contributed by atoms with van der Waals surface area (Å²) in [6, 6.07) is 7.98. The van der Waals surface area contributed by atoms with Crippen LogP contribution in [0.5, 0.6) is 0 Å². The van der Waals surface area contributed by atoms with Gasteiger partial charge in [0.15, 0.2) is 0 Å². The first-order valence-corrected chi connectivity index (χ1v) is 7.79. The maximum atomic E-state index is 11.2. The molecule has 1 heterocycles. The molecule has 1 saturated heterocycles. The van der Waals surface area contributed by atoms with E-state index < -0.39 is 11.7 Å². The van der Waals surface area contributed by atoms with E-state index in [9.17, 15) is 15.0 Å². The van der Waals surface area contributed by atoms with Crippen LogP contribution in [0.2, 0.25) is 0 Å². The molecule has 3 rings (SSSR count). The summed E-state index contributed by atoms with van der Waals surface area (Å²) in [5.74, 6) is 6.34. The summed E-state index contributed by atoms with van der Waals surface area (Å²) in [5, 5.41) is 19.9. The summed E-state index contributed by atoms with van der Waals surface area (Å²) < 4.78 is 0. The van der Waals surface area contributed by atoms with Gasteiger partial charge >= 0.3 is 6.09 Å². The van der Waals surface area contributed by atoms with Crippen LogP contribution in [-0.2, 0) is 0 Å². The van der Waals surface area contributed by atoms with Crippen molar-refractivity contribution < 1.29 is 15.0 Å². The Hall–Kier alpha value is -1.99. The lowest BCUT2D eigenvalue weighted by atomic mass is 9.75. The van der Waals surface area contributed by atoms with Crippen LogP contribution in [0.1, 0.15) is 36.8 Å². The Labute approximate surface area is 130 Å². The molecule has 2 aliphatic rings. The molecule has 1 aromatic carbocycles. The topological polar surface area (TPSA) is 60.8 Å². The van der Waals surface area contributed by atoms with Gasteiger partial charge < -0.3 is 15.1 Å². The van der Waals surface area contributed by atoms with E-state index in [1.807, 2.05) is 31.2 Å². The second kappa shape index (κ2) is 5.66. The molecule has 1 aliphatic carbocycles. The molecular formula is C18H21NO3. The Morgan fingerprint density at radius 3 is 2.95 bits per heavy atom. The zero-order valence-electron chi connectivity index (χ0n) is 12.7. The highest BCUT2D eigenvalue weighted by Gasteiger charge is 2.45. The third kappa shape index (κ3) is 2.95. The third-order valence-corrected chi connectivity index (χ3v) is 4.84. The lowest BCUT2D eigenvalue weighted by Gasteiger charge is -2.37. The van der Waals surface area contributed by atoms with Crippen molar-refractivity contribution in [2.75, 3.05) is 6.54 Å². The van der Waals surface area contributed by atoms with Crippen LogP contribution in [-0.4, -0.2) is 39.4 Å². The van der Waals surface area contributed by atoms with Gasteiger partial charge in [0.2, 0.25) is 0 Å². The number of aliphatic hydroxyl groups is 1. The van der Waals surface area contributed by atoms with E-state index in [-0.39, 0.29) is 12.0 Å². The van der Waals surface area contributed by atoms with Gasteiger partial charge in [-0.1, -0.05) is 24.0 Å². The second-order valence-electron chi connectivity index (χ2n) is 6.49. The Kier molecular flexibility index (Phi) is 3.84.